The molecule has 1 amide bonds. The van der Waals surface area contributed by atoms with E-state index >= 15 is 0 Å². The molecule has 1 aliphatic heterocycles. The van der Waals surface area contributed by atoms with Crippen LogP contribution in [0.4, 0.5) is 0 Å². The summed E-state index contributed by atoms with van der Waals surface area (Å²) < 4.78 is 6.43. The molecule has 5 heteroatoms. The molecule has 0 spiro atoms. The molecule has 1 aromatic carbocycles. The molecule has 2 atom stereocenters. The number of carbonyl (C=O) groups excluding carboxylic acids is 1. The van der Waals surface area contributed by atoms with Gasteiger partial charge in [0, 0.05) is 24.1 Å². The molecule has 0 radical (unpaired) electrons. The Kier molecular flexibility index (Phi) is 4.96. The number of benzene rings is 1. The Balaban J connectivity index is 1.97. The number of nitrogens with zero attached hydrogens (tertiary/aromatic N) is 1. The lowest BCUT2D eigenvalue weighted by molar-refractivity contribution is -0.135. The number of halogens is 1. The van der Waals surface area contributed by atoms with E-state index in [1.54, 1.807) is 4.90 Å². The van der Waals surface area contributed by atoms with Crippen molar-refractivity contribution in [2.45, 2.75) is 12.6 Å². The Morgan fingerprint density at radius 3 is 2.74 bits per heavy atom. The Bertz CT molecular complexity index is 436. The zero-order valence-electron chi connectivity index (χ0n) is 11.2. The van der Waals surface area contributed by atoms with Gasteiger partial charge in [-0.25, -0.2) is 0 Å². The molecule has 104 valence electrons. The predicted molar refractivity (Wildman–Crippen MR) is 77.8 cm³/mol. The summed E-state index contributed by atoms with van der Waals surface area (Å²) >= 11 is 3.41. The molecule has 1 N–H and O–H groups in total. The topological polar surface area (TPSA) is 41.6 Å². The van der Waals surface area contributed by atoms with E-state index in [2.05, 4.69) is 21.2 Å². The van der Waals surface area contributed by atoms with Crippen LogP contribution in [0.5, 0.6) is 0 Å². The summed E-state index contributed by atoms with van der Waals surface area (Å²) in [5.74, 6) is 0.0604. The van der Waals surface area contributed by atoms with Crippen molar-refractivity contribution in [2.75, 3.05) is 27.3 Å². The van der Waals surface area contributed by atoms with Gasteiger partial charge in [0.15, 0.2) is 0 Å². The number of hydrogen-bond donors (Lipinski definition) is 1. The van der Waals surface area contributed by atoms with E-state index in [9.17, 15) is 4.79 Å². The normalized spacial score (nSPS) is 22.5. The van der Waals surface area contributed by atoms with Crippen LogP contribution in [0.15, 0.2) is 28.7 Å². The van der Waals surface area contributed by atoms with Gasteiger partial charge in [0.1, 0.15) is 0 Å². The van der Waals surface area contributed by atoms with E-state index in [0.29, 0.717) is 19.8 Å². The third-order valence-corrected chi connectivity index (χ3v) is 4.01. The fraction of sp³-hybridized carbons (Fsp3) is 0.500. The average molecular weight is 327 g/mol. The number of rotatable bonds is 4. The molecule has 0 bridgehead atoms. The van der Waals surface area contributed by atoms with Gasteiger partial charge in [-0.15, -0.1) is 0 Å². The molecule has 19 heavy (non-hydrogen) atoms. The summed E-state index contributed by atoms with van der Waals surface area (Å²) in [6.45, 7) is 1.74. The lowest BCUT2D eigenvalue weighted by atomic mass is 10.0. The number of hydrogen-bond acceptors (Lipinski definition) is 3. The van der Waals surface area contributed by atoms with Gasteiger partial charge in [0.2, 0.25) is 5.91 Å². The first-order chi connectivity index (χ1) is 9.11. The number of amides is 1. The highest BCUT2D eigenvalue weighted by atomic mass is 79.9. The Hall–Kier alpha value is -0.910. The zero-order chi connectivity index (χ0) is 13.8. The lowest BCUT2D eigenvalue weighted by Gasteiger charge is -2.23. The van der Waals surface area contributed by atoms with Crippen molar-refractivity contribution in [2.24, 2.45) is 5.92 Å². The van der Waals surface area contributed by atoms with E-state index < -0.39 is 0 Å². The summed E-state index contributed by atoms with van der Waals surface area (Å²) in [7, 11) is 3.71. The molecule has 0 aliphatic carbocycles. The van der Waals surface area contributed by atoms with E-state index in [0.717, 1.165) is 10.0 Å². The maximum atomic E-state index is 12.4. The molecule has 1 aromatic rings. The van der Waals surface area contributed by atoms with Gasteiger partial charge in [-0.1, -0.05) is 28.1 Å². The summed E-state index contributed by atoms with van der Waals surface area (Å²) in [6.07, 6.45) is 0. The van der Waals surface area contributed by atoms with Crippen LogP contribution < -0.4 is 5.32 Å². The van der Waals surface area contributed by atoms with Gasteiger partial charge in [-0.3, -0.25) is 4.79 Å². The number of nitrogens with one attached hydrogen (secondary N) is 1. The Morgan fingerprint density at radius 1 is 1.42 bits per heavy atom. The van der Waals surface area contributed by atoms with Gasteiger partial charge in [-0.05, 0) is 24.7 Å². The number of ether oxygens (including phenoxy) is 1. The standard InChI is InChI=1S/C14H19BrN2O2/c1-16-13-9-19-8-12(13)14(18)17(2)7-10-3-5-11(15)6-4-10/h3-6,12-13,16H,7-9H2,1-2H3. The number of carbonyl (C=O) groups is 1. The minimum atomic E-state index is -0.0783. The second-order valence-corrected chi connectivity index (χ2v) is 5.78. The van der Waals surface area contributed by atoms with Crippen molar-refractivity contribution < 1.29 is 9.53 Å². The van der Waals surface area contributed by atoms with E-state index in [-0.39, 0.29) is 17.9 Å². The molecular formula is C14H19BrN2O2. The van der Waals surface area contributed by atoms with Crippen LogP contribution in [-0.2, 0) is 16.1 Å². The van der Waals surface area contributed by atoms with Crippen LogP contribution >= 0.6 is 15.9 Å². The summed E-state index contributed by atoms with van der Waals surface area (Å²) in [5.41, 5.74) is 1.12. The van der Waals surface area contributed by atoms with E-state index in [1.165, 1.54) is 0 Å². The molecule has 4 nitrogen and oxygen atoms in total. The van der Waals surface area contributed by atoms with Gasteiger partial charge in [0.05, 0.1) is 19.1 Å². The highest BCUT2D eigenvalue weighted by Gasteiger charge is 2.34. The van der Waals surface area contributed by atoms with Crippen LogP contribution in [0.3, 0.4) is 0 Å². The zero-order valence-corrected chi connectivity index (χ0v) is 12.8. The van der Waals surface area contributed by atoms with Crippen LogP contribution in [0.2, 0.25) is 0 Å². The predicted octanol–water partition coefficient (Wildman–Crippen LogP) is 1.64. The SMILES string of the molecule is CNC1COCC1C(=O)N(C)Cc1ccc(Br)cc1. The summed E-state index contributed by atoms with van der Waals surface area (Å²) in [6, 6.07) is 8.15. The quantitative estimate of drug-likeness (QED) is 0.914. The smallest absolute Gasteiger partial charge is 0.229 e. The van der Waals surface area contributed by atoms with Gasteiger partial charge in [-0.2, -0.15) is 0 Å². The monoisotopic (exact) mass is 326 g/mol. The Morgan fingerprint density at radius 2 is 2.11 bits per heavy atom. The second kappa shape index (κ2) is 6.50. The van der Waals surface area contributed by atoms with Crippen LogP contribution in [-0.4, -0.2) is 44.2 Å². The molecular weight excluding hydrogens is 308 g/mol. The molecule has 0 saturated carbocycles. The van der Waals surface area contributed by atoms with Crippen molar-refractivity contribution in [3.05, 3.63) is 34.3 Å². The highest BCUT2D eigenvalue weighted by molar-refractivity contribution is 9.10. The maximum absolute atomic E-state index is 12.4. The van der Waals surface area contributed by atoms with Crippen molar-refractivity contribution in [1.82, 2.24) is 10.2 Å². The molecule has 1 saturated heterocycles. The van der Waals surface area contributed by atoms with Crippen LogP contribution in [0.25, 0.3) is 0 Å². The van der Waals surface area contributed by atoms with Crippen LogP contribution in [0, 0.1) is 5.92 Å². The third-order valence-electron chi connectivity index (χ3n) is 3.48. The first kappa shape index (κ1) is 14.5. The fourth-order valence-corrected chi connectivity index (χ4v) is 2.57. The Labute approximate surface area is 122 Å². The van der Waals surface area contributed by atoms with Crippen molar-refractivity contribution in [3.63, 3.8) is 0 Å². The highest BCUT2D eigenvalue weighted by Crippen LogP contribution is 2.18. The van der Waals surface area contributed by atoms with Crippen LogP contribution in [0.1, 0.15) is 5.56 Å². The van der Waals surface area contributed by atoms with Crippen molar-refractivity contribution >= 4 is 21.8 Å². The third kappa shape index (κ3) is 3.55. The first-order valence-corrected chi connectivity index (χ1v) is 7.15. The van der Waals surface area contributed by atoms with E-state index in [4.69, 9.17) is 4.74 Å². The molecule has 2 unspecified atom stereocenters. The van der Waals surface area contributed by atoms with Crippen molar-refractivity contribution in [1.29, 1.82) is 0 Å². The van der Waals surface area contributed by atoms with E-state index in [1.807, 2.05) is 38.4 Å². The maximum Gasteiger partial charge on any atom is 0.229 e. The molecule has 2 rings (SSSR count). The van der Waals surface area contributed by atoms with Gasteiger partial charge < -0.3 is 15.0 Å². The minimum Gasteiger partial charge on any atom is -0.379 e. The molecule has 0 aromatic heterocycles. The second-order valence-electron chi connectivity index (χ2n) is 4.86. The average Bonchev–Trinajstić information content (AvgIpc) is 2.88. The largest absolute Gasteiger partial charge is 0.379 e. The summed E-state index contributed by atoms with van der Waals surface area (Å²) in [5, 5.41) is 3.14. The minimum absolute atomic E-state index is 0.0783. The molecule has 1 heterocycles. The van der Waals surface area contributed by atoms with Gasteiger partial charge >= 0.3 is 0 Å². The molecule has 1 fully saturated rings. The van der Waals surface area contributed by atoms with Gasteiger partial charge in [0.25, 0.3) is 0 Å². The lowest BCUT2D eigenvalue weighted by Crippen LogP contribution is -2.43. The summed E-state index contributed by atoms with van der Waals surface area (Å²) in [4.78, 5) is 14.2. The fourth-order valence-electron chi connectivity index (χ4n) is 2.31. The first-order valence-electron chi connectivity index (χ1n) is 6.36. The number of likely N-dealkylation sites (N-methyl/N-ethyl adjacent to an activating group) is 1. The molecule has 1 aliphatic rings. The van der Waals surface area contributed by atoms with Crippen molar-refractivity contribution in [3.8, 4) is 0 Å².